The third-order valence-corrected chi connectivity index (χ3v) is 1.96. The van der Waals surface area contributed by atoms with Crippen molar-refractivity contribution in [3.05, 3.63) is 35.7 Å². The highest BCUT2D eigenvalue weighted by Crippen LogP contribution is 2.11. The fraction of sp³-hybridized carbons (Fsp3) is 0.417. The van der Waals surface area contributed by atoms with E-state index in [1.165, 1.54) is 0 Å². The Morgan fingerprint density at radius 3 is 2.57 bits per heavy atom. The van der Waals surface area contributed by atoms with Gasteiger partial charge in [-0.2, -0.15) is 0 Å². The molecule has 14 heavy (non-hydrogen) atoms. The van der Waals surface area contributed by atoms with Crippen molar-refractivity contribution in [3.8, 4) is 0 Å². The Morgan fingerprint density at radius 1 is 1.43 bits per heavy atom. The molecule has 1 N–H and O–H groups in total. The number of hydrogen-bond acceptors (Lipinski definition) is 2. The number of allylic oxidation sites excluding steroid dienone is 1. The Labute approximate surface area is 86.1 Å². The molecule has 0 aromatic carbocycles. The van der Waals surface area contributed by atoms with Crippen molar-refractivity contribution >= 4 is 5.70 Å². The lowest BCUT2D eigenvalue weighted by molar-refractivity contribution is 0.716. The Kier molecular flexibility index (Phi) is 3.69. The third-order valence-electron chi connectivity index (χ3n) is 1.96. The highest BCUT2D eigenvalue weighted by atomic mass is 14.9. The Bertz CT molecular complexity index is 310. The van der Waals surface area contributed by atoms with Crippen LogP contribution in [0.2, 0.25) is 0 Å². The quantitative estimate of drug-likeness (QED) is 0.792. The highest BCUT2D eigenvalue weighted by Gasteiger charge is 2.01. The molecule has 0 spiro atoms. The summed E-state index contributed by atoms with van der Waals surface area (Å²) in [5, 5.41) is 3.39. The van der Waals surface area contributed by atoms with Gasteiger partial charge in [0, 0.05) is 29.2 Å². The van der Waals surface area contributed by atoms with Crippen molar-refractivity contribution in [2.75, 3.05) is 0 Å². The van der Waals surface area contributed by atoms with Gasteiger partial charge in [-0.05, 0) is 39.8 Å². The first kappa shape index (κ1) is 10.8. The first-order valence-electron chi connectivity index (χ1n) is 4.99. The summed E-state index contributed by atoms with van der Waals surface area (Å²) in [7, 11) is 0. The Morgan fingerprint density at radius 2 is 2.14 bits per heavy atom. The molecule has 2 nitrogen and oxygen atoms in total. The Hall–Kier alpha value is -1.31. The van der Waals surface area contributed by atoms with Gasteiger partial charge in [0.1, 0.15) is 0 Å². The minimum absolute atomic E-state index is 0.447. The van der Waals surface area contributed by atoms with Crippen LogP contribution in [0.4, 0.5) is 0 Å². The number of aryl methyl sites for hydroxylation is 1. The van der Waals surface area contributed by atoms with Gasteiger partial charge in [-0.15, -0.1) is 0 Å². The average Bonchev–Trinajstić information content (AvgIpc) is 2.15. The molecule has 0 aliphatic carbocycles. The van der Waals surface area contributed by atoms with Crippen molar-refractivity contribution in [3.63, 3.8) is 0 Å². The minimum atomic E-state index is 0.447. The lowest BCUT2D eigenvalue weighted by Gasteiger charge is -2.13. The van der Waals surface area contributed by atoms with E-state index in [1.807, 2.05) is 26.1 Å². The number of rotatable bonds is 3. The van der Waals surface area contributed by atoms with Crippen LogP contribution in [0.1, 0.15) is 32.0 Å². The zero-order chi connectivity index (χ0) is 10.6. The predicted molar refractivity (Wildman–Crippen MR) is 60.9 cm³/mol. The Balaban J connectivity index is 2.85. The number of hydrogen-bond donors (Lipinski definition) is 1. The molecule has 76 valence electrons. The van der Waals surface area contributed by atoms with E-state index in [4.69, 9.17) is 0 Å². The molecule has 1 rings (SSSR count). The molecule has 1 heterocycles. The second-order valence-corrected chi connectivity index (χ2v) is 3.69. The molecular weight excluding hydrogens is 172 g/mol. The predicted octanol–water partition coefficient (Wildman–Crippen LogP) is 2.75. The number of nitrogens with zero attached hydrogens (tertiary/aromatic N) is 1. The smallest absolute Gasteiger partial charge is 0.0388 e. The topological polar surface area (TPSA) is 24.9 Å². The number of nitrogens with one attached hydrogen (secondary N) is 1. The summed E-state index contributed by atoms with van der Waals surface area (Å²) in [6, 6.07) is 4.57. The van der Waals surface area contributed by atoms with Crippen molar-refractivity contribution < 1.29 is 0 Å². The van der Waals surface area contributed by atoms with Crippen molar-refractivity contribution in [2.24, 2.45) is 0 Å². The average molecular weight is 190 g/mol. The molecule has 1 aromatic rings. The van der Waals surface area contributed by atoms with Gasteiger partial charge in [0.2, 0.25) is 0 Å². The molecule has 0 bridgehead atoms. The highest BCUT2D eigenvalue weighted by molar-refractivity contribution is 5.62. The molecule has 0 atom stereocenters. The zero-order valence-electron chi connectivity index (χ0n) is 9.33. The fourth-order valence-corrected chi connectivity index (χ4v) is 1.27. The zero-order valence-corrected chi connectivity index (χ0v) is 9.33. The maximum Gasteiger partial charge on any atom is 0.0388 e. The van der Waals surface area contributed by atoms with Gasteiger partial charge in [0.05, 0.1) is 0 Å². The minimum Gasteiger partial charge on any atom is -0.383 e. The van der Waals surface area contributed by atoms with E-state index in [0.717, 1.165) is 17.0 Å². The second kappa shape index (κ2) is 4.80. The van der Waals surface area contributed by atoms with Gasteiger partial charge in [-0.3, -0.25) is 4.98 Å². The molecule has 0 saturated carbocycles. The maximum atomic E-state index is 4.27. The summed E-state index contributed by atoms with van der Waals surface area (Å²) in [4.78, 5) is 4.27. The SMILES string of the molecule is C/C=C(\NC(C)C)c1ccc(C)nc1. The van der Waals surface area contributed by atoms with Gasteiger partial charge < -0.3 is 5.32 Å². The van der Waals surface area contributed by atoms with Crippen molar-refractivity contribution in [1.82, 2.24) is 10.3 Å². The summed E-state index contributed by atoms with van der Waals surface area (Å²) in [5.74, 6) is 0. The standard InChI is InChI=1S/C12H18N2/c1-5-12(14-9(2)3)11-7-6-10(4)13-8-11/h5-9,14H,1-4H3/b12-5-. The number of aromatic nitrogens is 1. The van der Waals surface area contributed by atoms with Crippen LogP contribution in [0.3, 0.4) is 0 Å². The van der Waals surface area contributed by atoms with E-state index >= 15 is 0 Å². The van der Waals surface area contributed by atoms with Crippen LogP contribution in [0.5, 0.6) is 0 Å². The van der Waals surface area contributed by atoms with Crippen molar-refractivity contribution in [2.45, 2.75) is 33.7 Å². The molecule has 0 unspecified atom stereocenters. The van der Waals surface area contributed by atoms with Crippen LogP contribution in [-0.4, -0.2) is 11.0 Å². The third kappa shape index (κ3) is 2.87. The lowest BCUT2D eigenvalue weighted by Crippen LogP contribution is -2.20. The van der Waals surface area contributed by atoms with Crippen molar-refractivity contribution in [1.29, 1.82) is 0 Å². The van der Waals surface area contributed by atoms with Gasteiger partial charge in [-0.25, -0.2) is 0 Å². The summed E-state index contributed by atoms with van der Waals surface area (Å²) in [6.07, 6.45) is 3.98. The van der Waals surface area contributed by atoms with Gasteiger partial charge in [0.15, 0.2) is 0 Å². The fourth-order valence-electron chi connectivity index (χ4n) is 1.27. The summed E-state index contributed by atoms with van der Waals surface area (Å²) in [5.41, 5.74) is 3.34. The molecule has 0 amide bonds. The van der Waals surface area contributed by atoms with E-state index in [9.17, 15) is 0 Å². The maximum absolute atomic E-state index is 4.27. The van der Waals surface area contributed by atoms with E-state index < -0.39 is 0 Å². The van der Waals surface area contributed by atoms with E-state index in [2.05, 4.69) is 36.3 Å². The summed E-state index contributed by atoms with van der Waals surface area (Å²) in [6.45, 7) is 8.29. The van der Waals surface area contributed by atoms with Crippen LogP contribution < -0.4 is 5.32 Å². The lowest BCUT2D eigenvalue weighted by atomic mass is 10.2. The monoisotopic (exact) mass is 190 g/mol. The largest absolute Gasteiger partial charge is 0.383 e. The first-order valence-corrected chi connectivity index (χ1v) is 4.99. The van der Waals surface area contributed by atoms with Crippen LogP contribution in [0.15, 0.2) is 24.4 Å². The molecule has 0 aliphatic heterocycles. The van der Waals surface area contributed by atoms with E-state index in [1.54, 1.807) is 0 Å². The van der Waals surface area contributed by atoms with Gasteiger partial charge >= 0.3 is 0 Å². The summed E-state index contributed by atoms with van der Waals surface area (Å²) >= 11 is 0. The molecule has 1 aromatic heterocycles. The molecule has 0 radical (unpaired) electrons. The molecule has 0 aliphatic rings. The van der Waals surface area contributed by atoms with Crippen LogP contribution in [0.25, 0.3) is 5.70 Å². The molecule has 0 fully saturated rings. The summed E-state index contributed by atoms with van der Waals surface area (Å²) < 4.78 is 0. The van der Waals surface area contributed by atoms with Crippen LogP contribution in [0, 0.1) is 6.92 Å². The van der Waals surface area contributed by atoms with E-state index in [0.29, 0.717) is 6.04 Å². The molecular formula is C12H18N2. The molecule has 2 heteroatoms. The number of pyridine rings is 1. The first-order chi connectivity index (χ1) is 6.63. The van der Waals surface area contributed by atoms with Crippen LogP contribution >= 0.6 is 0 Å². The van der Waals surface area contributed by atoms with Gasteiger partial charge in [0.25, 0.3) is 0 Å². The normalized spacial score (nSPS) is 11.9. The van der Waals surface area contributed by atoms with Crippen LogP contribution in [-0.2, 0) is 0 Å². The van der Waals surface area contributed by atoms with Gasteiger partial charge in [-0.1, -0.05) is 6.08 Å². The van der Waals surface area contributed by atoms with E-state index in [-0.39, 0.29) is 0 Å². The second-order valence-electron chi connectivity index (χ2n) is 3.69. The molecule has 0 saturated heterocycles.